The zero-order chi connectivity index (χ0) is 22.7. The van der Waals surface area contributed by atoms with Crippen molar-refractivity contribution in [2.75, 3.05) is 43.5 Å². The van der Waals surface area contributed by atoms with Crippen LogP contribution in [-0.4, -0.2) is 56.2 Å². The highest BCUT2D eigenvalue weighted by atomic mass is 32.2. The molecule has 0 saturated carbocycles. The molecule has 0 atom stereocenters. The molecule has 0 bridgehead atoms. The van der Waals surface area contributed by atoms with Gasteiger partial charge in [0.1, 0.15) is 5.75 Å². The predicted molar refractivity (Wildman–Crippen MR) is 125 cm³/mol. The monoisotopic (exact) mass is 453 g/mol. The minimum absolute atomic E-state index is 0.288. The first-order valence-corrected chi connectivity index (χ1v) is 11.9. The molecule has 4 rings (SSSR count). The average Bonchev–Trinajstić information content (AvgIpc) is 2.81. The van der Waals surface area contributed by atoms with E-state index in [-0.39, 0.29) is 4.90 Å². The summed E-state index contributed by atoms with van der Waals surface area (Å²) in [6.07, 6.45) is 0. The van der Waals surface area contributed by atoms with Crippen molar-refractivity contribution in [2.45, 2.75) is 18.7 Å². The average molecular weight is 454 g/mol. The normalized spacial score (nSPS) is 14.9. The molecule has 1 aliphatic rings. The summed E-state index contributed by atoms with van der Waals surface area (Å²) < 4.78 is 32.9. The Morgan fingerprint density at radius 1 is 0.906 bits per heavy atom. The number of aromatic nitrogens is 2. The lowest BCUT2D eigenvalue weighted by molar-refractivity contribution is 0.383. The Hall–Kier alpha value is -3.17. The van der Waals surface area contributed by atoms with Crippen LogP contribution >= 0.6 is 0 Å². The molecular weight excluding hydrogens is 426 g/mol. The summed E-state index contributed by atoms with van der Waals surface area (Å²) >= 11 is 0. The fraction of sp³-hybridized carbons (Fsp3) is 0.304. The number of anilines is 3. The topological polar surface area (TPSA) is 87.7 Å². The Morgan fingerprint density at radius 3 is 2.22 bits per heavy atom. The number of nitrogens with one attached hydrogen (secondary N) is 1. The Morgan fingerprint density at radius 2 is 1.62 bits per heavy atom. The molecule has 168 valence electrons. The highest BCUT2D eigenvalue weighted by Gasteiger charge is 2.29. The van der Waals surface area contributed by atoms with Gasteiger partial charge < -0.3 is 15.0 Å². The van der Waals surface area contributed by atoms with Crippen LogP contribution in [0.15, 0.2) is 59.5 Å². The molecule has 1 fully saturated rings. The lowest BCUT2D eigenvalue weighted by atomic mass is 10.2. The second-order valence-corrected chi connectivity index (χ2v) is 9.73. The number of piperazine rings is 1. The van der Waals surface area contributed by atoms with Crippen LogP contribution in [0.25, 0.3) is 0 Å². The predicted octanol–water partition coefficient (Wildman–Crippen LogP) is 3.36. The number of methoxy groups -OCH3 is 1. The number of hydrogen-bond donors (Lipinski definition) is 1. The Balaban J connectivity index is 1.38. The number of hydrogen-bond acceptors (Lipinski definition) is 7. The lowest BCUT2D eigenvalue weighted by Gasteiger charge is -2.34. The maximum atomic E-state index is 13.1. The van der Waals surface area contributed by atoms with E-state index in [1.165, 1.54) is 9.87 Å². The van der Waals surface area contributed by atoms with Gasteiger partial charge in [0.05, 0.1) is 12.0 Å². The maximum absolute atomic E-state index is 13.1. The molecule has 32 heavy (non-hydrogen) atoms. The molecule has 0 amide bonds. The second-order valence-electron chi connectivity index (χ2n) is 7.79. The molecule has 9 heteroatoms. The van der Waals surface area contributed by atoms with E-state index in [2.05, 4.69) is 15.5 Å². The minimum atomic E-state index is -3.55. The zero-order valence-electron chi connectivity index (χ0n) is 18.4. The van der Waals surface area contributed by atoms with Gasteiger partial charge in [-0.15, -0.1) is 10.2 Å². The van der Waals surface area contributed by atoms with Crippen LogP contribution in [0.1, 0.15) is 11.1 Å². The van der Waals surface area contributed by atoms with Crippen LogP contribution in [-0.2, 0) is 10.0 Å². The Bertz CT molecular complexity index is 1170. The van der Waals surface area contributed by atoms with Crippen molar-refractivity contribution in [3.05, 3.63) is 65.7 Å². The number of sulfonamides is 1. The van der Waals surface area contributed by atoms with Crippen LogP contribution < -0.4 is 15.0 Å². The molecule has 2 aromatic carbocycles. The third-order valence-electron chi connectivity index (χ3n) is 5.54. The van der Waals surface area contributed by atoms with Gasteiger partial charge in [0, 0.05) is 31.9 Å². The molecule has 8 nitrogen and oxygen atoms in total. The summed E-state index contributed by atoms with van der Waals surface area (Å²) in [4.78, 5) is 2.34. The van der Waals surface area contributed by atoms with E-state index in [1.54, 1.807) is 25.3 Å². The van der Waals surface area contributed by atoms with E-state index in [9.17, 15) is 8.42 Å². The third kappa shape index (κ3) is 4.68. The largest absolute Gasteiger partial charge is 0.496 e. The number of ether oxygens (including phenoxy) is 1. The van der Waals surface area contributed by atoms with E-state index < -0.39 is 10.0 Å². The molecule has 3 aromatic rings. The summed E-state index contributed by atoms with van der Waals surface area (Å²) in [5.74, 6) is 2.07. The molecule has 0 aliphatic carbocycles. The quantitative estimate of drug-likeness (QED) is 0.612. The van der Waals surface area contributed by atoms with Crippen molar-refractivity contribution < 1.29 is 13.2 Å². The van der Waals surface area contributed by atoms with E-state index in [4.69, 9.17) is 4.74 Å². The molecule has 0 spiro atoms. The standard InChI is InChI=1S/C23H27N5O3S/c1-17-4-6-19(7-5-17)24-22-10-11-23(26-25-22)27-12-14-28(15-13-27)32(29,30)20-8-9-21(31-3)18(2)16-20/h4-11,16H,12-15H2,1-3H3,(H,24,25). The van der Waals surface area contributed by atoms with Crippen molar-refractivity contribution in [2.24, 2.45) is 0 Å². The molecule has 1 aromatic heterocycles. The van der Waals surface area contributed by atoms with Crippen molar-refractivity contribution >= 4 is 27.3 Å². The van der Waals surface area contributed by atoms with Gasteiger partial charge >= 0.3 is 0 Å². The SMILES string of the molecule is COc1ccc(S(=O)(=O)N2CCN(c3ccc(Nc4ccc(C)cc4)nn3)CC2)cc1C. The Labute approximate surface area is 188 Å². The van der Waals surface area contributed by atoms with Gasteiger partial charge in [-0.2, -0.15) is 4.31 Å². The summed E-state index contributed by atoms with van der Waals surface area (Å²) in [6, 6.07) is 16.8. The van der Waals surface area contributed by atoms with Crippen LogP contribution in [0.2, 0.25) is 0 Å². The van der Waals surface area contributed by atoms with Gasteiger partial charge in [0.2, 0.25) is 10.0 Å². The molecule has 2 heterocycles. The van der Waals surface area contributed by atoms with E-state index in [0.717, 1.165) is 17.1 Å². The third-order valence-corrected chi connectivity index (χ3v) is 7.44. The van der Waals surface area contributed by atoms with Gasteiger partial charge in [-0.3, -0.25) is 0 Å². The molecule has 1 aliphatic heterocycles. The van der Waals surface area contributed by atoms with Crippen molar-refractivity contribution in [1.82, 2.24) is 14.5 Å². The molecule has 0 unspecified atom stereocenters. The summed E-state index contributed by atoms with van der Waals surface area (Å²) in [5, 5.41) is 11.8. The smallest absolute Gasteiger partial charge is 0.243 e. The molecular formula is C23H27N5O3S. The van der Waals surface area contributed by atoms with Crippen LogP contribution in [0.4, 0.5) is 17.3 Å². The minimum Gasteiger partial charge on any atom is -0.496 e. The van der Waals surface area contributed by atoms with Gasteiger partial charge in [0.25, 0.3) is 0 Å². The fourth-order valence-corrected chi connectivity index (χ4v) is 5.17. The van der Waals surface area contributed by atoms with E-state index in [0.29, 0.717) is 37.7 Å². The van der Waals surface area contributed by atoms with Gasteiger partial charge in [-0.1, -0.05) is 17.7 Å². The van der Waals surface area contributed by atoms with Crippen LogP contribution in [0.3, 0.4) is 0 Å². The van der Waals surface area contributed by atoms with Crippen LogP contribution in [0.5, 0.6) is 5.75 Å². The Kier molecular flexibility index (Phi) is 6.29. The van der Waals surface area contributed by atoms with Gasteiger partial charge in [-0.25, -0.2) is 8.42 Å². The lowest BCUT2D eigenvalue weighted by Crippen LogP contribution is -2.49. The summed E-state index contributed by atoms with van der Waals surface area (Å²) in [6.45, 7) is 5.76. The van der Waals surface area contributed by atoms with Crippen LogP contribution in [0, 0.1) is 13.8 Å². The second kappa shape index (κ2) is 9.13. The van der Waals surface area contributed by atoms with Crippen molar-refractivity contribution in [3.8, 4) is 5.75 Å². The van der Waals surface area contributed by atoms with Gasteiger partial charge in [0.15, 0.2) is 11.6 Å². The molecule has 1 N–H and O–H groups in total. The highest BCUT2D eigenvalue weighted by molar-refractivity contribution is 7.89. The molecule has 0 radical (unpaired) electrons. The van der Waals surface area contributed by atoms with E-state index in [1.807, 2.05) is 55.1 Å². The first-order chi connectivity index (χ1) is 15.4. The first-order valence-electron chi connectivity index (χ1n) is 10.4. The van der Waals surface area contributed by atoms with Gasteiger partial charge in [-0.05, 0) is 61.9 Å². The maximum Gasteiger partial charge on any atom is 0.243 e. The van der Waals surface area contributed by atoms with Crippen molar-refractivity contribution in [1.29, 1.82) is 0 Å². The zero-order valence-corrected chi connectivity index (χ0v) is 19.3. The number of aryl methyl sites for hydroxylation is 2. The number of benzene rings is 2. The first kappa shape index (κ1) is 22.0. The molecule has 1 saturated heterocycles. The fourth-order valence-electron chi connectivity index (χ4n) is 3.66. The number of rotatable bonds is 6. The summed E-state index contributed by atoms with van der Waals surface area (Å²) in [7, 11) is -1.98. The highest BCUT2D eigenvalue weighted by Crippen LogP contribution is 2.25. The summed E-state index contributed by atoms with van der Waals surface area (Å²) in [5.41, 5.74) is 2.94. The van der Waals surface area contributed by atoms with Crippen molar-refractivity contribution in [3.63, 3.8) is 0 Å². The number of nitrogens with zero attached hydrogens (tertiary/aromatic N) is 4. The van der Waals surface area contributed by atoms with E-state index >= 15 is 0 Å².